The number of hydrogen-bond acceptors (Lipinski definition) is 5. The monoisotopic (exact) mass is 417 g/mol. The van der Waals surface area contributed by atoms with Crippen LogP contribution in [-0.2, 0) is 16.6 Å². The lowest BCUT2D eigenvalue weighted by Crippen LogP contribution is -2.40. The van der Waals surface area contributed by atoms with Crippen molar-refractivity contribution in [2.75, 3.05) is 13.1 Å². The largest absolute Gasteiger partial charge is 0.280 e. The number of benzene rings is 1. The van der Waals surface area contributed by atoms with Crippen LogP contribution in [0.4, 0.5) is 4.39 Å². The molecule has 1 aromatic carbocycles. The minimum absolute atomic E-state index is 0.0360. The van der Waals surface area contributed by atoms with Gasteiger partial charge in [0, 0.05) is 19.3 Å². The van der Waals surface area contributed by atoms with Gasteiger partial charge in [-0.2, -0.15) is 4.31 Å². The molecule has 29 heavy (non-hydrogen) atoms. The number of aromatic nitrogens is 1. The second-order valence-corrected chi connectivity index (χ2v) is 9.36. The highest BCUT2D eigenvalue weighted by molar-refractivity contribution is 7.89. The second-order valence-electron chi connectivity index (χ2n) is 7.46. The number of pyridine rings is 1. The molecular weight excluding hydrogens is 397 g/mol. The van der Waals surface area contributed by atoms with Crippen LogP contribution in [-0.4, -0.2) is 47.5 Å². The first-order valence-corrected chi connectivity index (χ1v) is 10.8. The lowest BCUT2D eigenvalue weighted by Gasteiger charge is -2.30. The summed E-state index contributed by atoms with van der Waals surface area (Å²) in [6.45, 7) is 2.42. The molecule has 3 heterocycles. The first-order chi connectivity index (χ1) is 13.8. The lowest BCUT2D eigenvalue weighted by atomic mass is 10.0. The zero-order valence-electron chi connectivity index (χ0n) is 15.8. The van der Waals surface area contributed by atoms with E-state index < -0.39 is 27.7 Å². The maximum absolute atomic E-state index is 14.0. The van der Waals surface area contributed by atoms with Gasteiger partial charge in [-0.05, 0) is 48.6 Å². The summed E-state index contributed by atoms with van der Waals surface area (Å²) in [5.74, 6) is -1.62. The quantitative estimate of drug-likeness (QED) is 0.713. The number of nitrogens with zero attached hydrogens (tertiary/aromatic N) is 3. The molecule has 0 saturated carbocycles. The molecule has 2 aliphatic heterocycles. The average molecular weight is 417 g/mol. The summed E-state index contributed by atoms with van der Waals surface area (Å²) in [5, 5.41) is 0. The molecule has 1 atom stereocenters. The number of sulfonamides is 1. The van der Waals surface area contributed by atoms with Crippen LogP contribution in [0.3, 0.4) is 0 Å². The summed E-state index contributed by atoms with van der Waals surface area (Å²) in [4.78, 5) is 29.9. The summed E-state index contributed by atoms with van der Waals surface area (Å²) < 4.78 is 41.8. The van der Waals surface area contributed by atoms with Gasteiger partial charge in [0.1, 0.15) is 11.5 Å². The lowest BCUT2D eigenvalue weighted by molar-refractivity contribution is 0.0639. The molecule has 2 aliphatic rings. The van der Waals surface area contributed by atoms with Gasteiger partial charge in [0.05, 0.1) is 17.0 Å². The molecule has 1 aromatic heterocycles. The van der Waals surface area contributed by atoms with Crippen molar-refractivity contribution >= 4 is 21.8 Å². The van der Waals surface area contributed by atoms with Crippen LogP contribution in [0.5, 0.6) is 0 Å². The minimum atomic E-state index is -3.96. The Morgan fingerprint density at radius 1 is 1.21 bits per heavy atom. The molecule has 2 amide bonds. The molecule has 0 radical (unpaired) electrons. The van der Waals surface area contributed by atoms with Crippen molar-refractivity contribution in [2.45, 2.75) is 31.2 Å². The highest BCUT2D eigenvalue weighted by atomic mass is 32.2. The van der Waals surface area contributed by atoms with Gasteiger partial charge in [0.15, 0.2) is 0 Å². The van der Waals surface area contributed by atoms with E-state index in [2.05, 4.69) is 4.98 Å². The van der Waals surface area contributed by atoms with Gasteiger partial charge >= 0.3 is 0 Å². The van der Waals surface area contributed by atoms with Crippen molar-refractivity contribution in [2.24, 2.45) is 5.92 Å². The molecule has 9 heteroatoms. The normalized spacial score (nSPS) is 20.2. The van der Waals surface area contributed by atoms with Crippen LogP contribution in [0, 0.1) is 11.7 Å². The summed E-state index contributed by atoms with van der Waals surface area (Å²) >= 11 is 0. The number of halogens is 1. The maximum Gasteiger partial charge on any atom is 0.280 e. The van der Waals surface area contributed by atoms with Gasteiger partial charge in [0.2, 0.25) is 10.0 Å². The van der Waals surface area contributed by atoms with Crippen LogP contribution in [0.1, 0.15) is 46.2 Å². The average Bonchev–Trinajstić information content (AvgIpc) is 2.94. The van der Waals surface area contributed by atoms with Crippen LogP contribution < -0.4 is 0 Å². The molecule has 4 rings (SSSR count). The summed E-state index contributed by atoms with van der Waals surface area (Å²) in [6, 6.07) is 6.45. The number of hydrogen-bond donors (Lipinski definition) is 0. The van der Waals surface area contributed by atoms with Crippen LogP contribution in [0.2, 0.25) is 0 Å². The predicted molar refractivity (Wildman–Crippen MR) is 102 cm³/mol. The maximum atomic E-state index is 14.0. The summed E-state index contributed by atoms with van der Waals surface area (Å²) in [7, 11) is -3.96. The highest BCUT2D eigenvalue weighted by Gasteiger charge is 2.38. The Bertz CT molecular complexity index is 1070. The molecule has 0 spiro atoms. The van der Waals surface area contributed by atoms with Gasteiger partial charge in [-0.15, -0.1) is 0 Å². The second kappa shape index (κ2) is 7.31. The zero-order chi connectivity index (χ0) is 20.8. The molecule has 0 bridgehead atoms. The number of rotatable bonds is 4. The van der Waals surface area contributed by atoms with Crippen molar-refractivity contribution in [3.05, 3.63) is 59.2 Å². The molecule has 2 aromatic rings. The summed E-state index contributed by atoms with van der Waals surface area (Å²) in [5.41, 5.74) is 0.405. The third-order valence-corrected chi connectivity index (χ3v) is 7.27. The molecule has 1 fully saturated rings. The van der Waals surface area contributed by atoms with E-state index in [1.807, 2.05) is 6.92 Å². The number of carbonyl (C=O) groups is 2. The molecular formula is C20H20FN3O4S. The number of imide groups is 1. The number of amides is 2. The third kappa shape index (κ3) is 3.44. The number of piperidine rings is 1. The standard InChI is InChI=1S/C20H20FN3O4S/c1-13-4-3-9-23(11-13)29(27,28)17-10-15(21)7-6-14(17)12-24-19(25)16-5-2-8-22-18(16)20(24)26/h2,5-8,10,13H,3-4,9,11-12H2,1H3/t13-/m1/s1. The Hall–Kier alpha value is -2.65. The smallest absolute Gasteiger partial charge is 0.268 e. The van der Waals surface area contributed by atoms with E-state index in [-0.39, 0.29) is 34.2 Å². The molecule has 152 valence electrons. The predicted octanol–water partition coefficient (Wildman–Crippen LogP) is 2.44. The van der Waals surface area contributed by atoms with E-state index in [1.54, 1.807) is 6.07 Å². The topological polar surface area (TPSA) is 87.7 Å². The fourth-order valence-corrected chi connectivity index (χ4v) is 5.65. The van der Waals surface area contributed by atoms with E-state index in [0.717, 1.165) is 29.9 Å². The van der Waals surface area contributed by atoms with Crippen molar-refractivity contribution in [1.82, 2.24) is 14.2 Å². The van der Waals surface area contributed by atoms with E-state index in [0.29, 0.717) is 13.1 Å². The first-order valence-electron chi connectivity index (χ1n) is 9.39. The van der Waals surface area contributed by atoms with E-state index in [9.17, 15) is 22.4 Å². The van der Waals surface area contributed by atoms with E-state index in [1.165, 1.54) is 22.6 Å². The molecule has 0 aliphatic carbocycles. The fraction of sp³-hybridized carbons (Fsp3) is 0.350. The third-order valence-electron chi connectivity index (χ3n) is 5.33. The Morgan fingerprint density at radius 3 is 2.72 bits per heavy atom. The molecule has 1 saturated heterocycles. The van der Waals surface area contributed by atoms with Gasteiger partial charge in [0.25, 0.3) is 11.8 Å². The van der Waals surface area contributed by atoms with Crippen molar-refractivity contribution in [3.8, 4) is 0 Å². The van der Waals surface area contributed by atoms with E-state index >= 15 is 0 Å². The molecule has 0 unspecified atom stereocenters. The Labute approximate surface area is 168 Å². The van der Waals surface area contributed by atoms with Crippen LogP contribution in [0.15, 0.2) is 41.4 Å². The first kappa shape index (κ1) is 19.7. The Kier molecular flexibility index (Phi) is 4.95. The fourth-order valence-electron chi connectivity index (χ4n) is 3.83. The van der Waals surface area contributed by atoms with Gasteiger partial charge in [-0.3, -0.25) is 19.5 Å². The van der Waals surface area contributed by atoms with Gasteiger partial charge in [-0.25, -0.2) is 12.8 Å². The van der Waals surface area contributed by atoms with E-state index in [4.69, 9.17) is 0 Å². The van der Waals surface area contributed by atoms with Crippen molar-refractivity contribution < 1.29 is 22.4 Å². The van der Waals surface area contributed by atoms with Crippen molar-refractivity contribution in [1.29, 1.82) is 0 Å². The van der Waals surface area contributed by atoms with Crippen LogP contribution in [0.25, 0.3) is 0 Å². The van der Waals surface area contributed by atoms with Gasteiger partial charge in [-0.1, -0.05) is 13.0 Å². The highest BCUT2D eigenvalue weighted by Crippen LogP contribution is 2.29. The summed E-state index contributed by atoms with van der Waals surface area (Å²) in [6.07, 6.45) is 3.08. The van der Waals surface area contributed by atoms with Crippen molar-refractivity contribution in [3.63, 3.8) is 0 Å². The Morgan fingerprint density at radius 2 is 2.00 bits per heavy atom. The van der Waals surface area contributed by atoms with Crippen LogP contribution >= 0.6 is 0 Å². The van der Waals surface area contributed by atoms with Gasteiger partial charge < -0.3 is 0 Å². The number of carbonyl (C=O) groups excluding carboxylic acids is 2. The Balaban J connectivity index is 1.70. The number of fused-ring (bicyclic) bond motifs is 1. The molecule has 7 nitrogen and oxygen atoms in total. The minimum Gasteiger partial charge on any atom is -0.268 e. The molecule has 0 N–H and O–H groups in total. The SMILES string of the molecule is C[C@@H]1CCCN(S(=O)(=O)c2cc(F)ccc2CN2C(=O)c3cccnc3C2=O)C1. The zero-order valence-corrected chi connectivity index (χ0v) is 16.7.